The molecule has 0 bridgehead atoms. The Hall–Kier alpha value is 0.310. The number of hydrogen-bond acceptors (Lipinski definition) is 2. The molecule has 3 atom stereocenters. The van der Waals surface area contributed by atoms with E-state index in [0.29, 0.717) is 6.04 Å². The summed E-state index contributed by atoms with van der Waals surface area (Å²) in [4.78, 5) is 0. The van der Waals surface area contributed by atoms with E-state index in [0.717, 1.165) is 17.9 Å². The number of hydrogen-bond donors (Lipinski definition) is 1. The van der Waals surface area contributed by atoms with Crippen molar-refractivity contribution in [3.63, 3.8) is 0 Å². The maximum absolute atomic E-state index is 3.80. The molecule has 0 heterocycles. The Morgan fingerprint density at radius 2 is 1.80 bits per heavy atom. The number of rotatable bonds is 5. The van der Waals surface area contributed by atoms with Crippen molar-refractivity contribution in [2.75, 3.05) is 12.0 Å². The normalized spacial score (nSPS) is 34.0. The van der Waals surface area contributed by atoms with Gasteiger partial charge in [-0.25, -0.2) is 0 Å². The molecule has 1 saturated carbocycles. The van der Waals surface area contributed by atoms with Gasteiger partial charge in [-0.2, -0.15) is 11.8 Å². The van der Waals surface area contributed by atoms with Gasteiger partial charge in [-0.15, -0.1) is 0 Å². The van der Waals surface area contributed by atoms with E-state index in [1.807, 2.05) is 11.8 Å². The lowest BCUT2D eigenvalue weighted by molar-refractivity contribution is 0.227. The van der Waals surface area contributed by atoms with E-state index in [1.54, 1.807) is 0 Å². The van der Waals surface area contributed by atoms with Crippen molar-refractivity contribution in [1.29, 1.82) is 0 Å². The predicted octanol–water partition coefficient (Wildman–Crippen LogP) is 3.54. The van der Waals surface area contributed by atoms with Crippen LogP contribution in [0.5, 0.6) is 0 Å². The molecule has 90 valence electrons. The Kier molecular flexibility index (Phi) is 6.06. The molecule has 0 saturated heterocycles. The average Bonchev–Trinajstić information content (AvgIpc) is 2.13. The van der Waals surface area contributed by atoms with Crippen LogP contribution in [0, 0.1) is 11.8 Å². The second-order valence-corrected chi connectivity index (χ2v) is 6.45. The third kappa shape index (κ3) is 5.26. The molecule has 1 rings (SSSR count). The van der Waals surface area contributed by atoms with Crippen molar-refractivity contribution in [2.24, 2.45) is 11.8 Å². The smallest absolute Gasteiger partial charge is 0.00746 e. The van der Waals surface area contributed by atoms with Gasteiger partial charge in [-0.05, 0) is 56.5 Å². The predicted molar refractivity (Wildman–Crippen MR) is 71.6 cm³/mol. The molecular formula is C13H27NS. The molecule has 1 aliphatic rings. The summed E-state index contributed by atoms with van der Waals surface area (Å²) in [6.07, 6.45) is 7.69. The molecule has 0 radical (unpaired) electrons. The van der Waals surface area contributed by atoms with Gasteiger partial charge < -0.3 is 5.32 Å². The highest BCUT2D eigenvalue weighted by molar-refractivity contribution is 7.98. The standard InChI is InChI=1S/C13H27NS/c1-10-7-11(2)9-13(8-10)14-12(3)5-6-15-4/h10-14H,5-9H2,1-4H3. The van der Waals surface area contributed by atoms with Crippen LogP contribution in [0.4, 0.5) is 0 Å². The zero-order chi connectivity index (χ0) is 11.3. The van der Waals surface area contributed by atoms with E-state index < -0.39 is 0 Å². The summed E-state index contributed by atoms with van der Waals surface area (Å²) >= 11 is 1.95. The van der Waals surface area contributed by atoms with Crippen molar-refractivity contribution in [3.8, 4) is 0 Å². The molecule has 1 nitrogen and oxygen atoms in total. The Morgan fingerprint density at radius 1 is 1.20 bits per heavy atom. The number of thioether (sulfide) groups is 1. The zero-order valence-electron chi connectivity index (χ0n) is 10.8. The molecule has 0 aromatic rings. The summed E-state index contributed by atoms with van der Waals surface area (Å²) in [5.74, 6) is 3.12. The van der Waals surface area contributed by atoms with Crippen molar-refractivity contribution in [2.45, 2.75) is 58.5 Å². The molecule has 1 aliphatic carbocycles. The third-order valence-electron chi connectivity index (χ3n) is 3.45. The molecule has 0 spiro atoms. The molecular weight excluding hydrogens is 202 g/mol. The fourth-order valence-electron chi connectivity index (χ4n) is 2.86. The van der Waals surface area contributed by atoms with Gasteiger partial charge in [0.2, 0.25) is 0 Å². The second-order valence-electron chi connectivity index (χ2n) is 5.46. The van der Waals surface area contributed by atoms with Gasteiger partial charge in [0, 0.05) is 12.1 Å². The highest BCUT2D eigenvalue weighted by Crippen LogP contribution is 2.28. The van der Waals surface area contributed by atoms with Gasteiger partial charge >= 0.3 is 0 Å². The summed E-state index contributed by atoms with van der Waals surface area (Å²) in [6, 6.07) is 1.47. The molecule has 1 N–H and O–H groups in total. The first-order chi connectivity index (χ1) is 7.11. The summed E-state index contributed by atoms with van der Waals surface area (Å²) < 4.78 is 0. The molecule has 0 aliphatic heterocycles. The first-order valence-corrected chi connectivity index (χ1v) is 7.76. The quantitative estimate of drug-likeness (QED) is 0.774. The second kappa shape index (κ2) is 6.80. The zero-order valence-corrected chi connectivity index (χ0v) is 11.6. The highest BCUT2D eigenvalue weighted by atomic mass is 32.2. The lowest BCUT2D eigenvalue weighted by atomic mass is 9.80. The molecule has 3 unspecified atom stereocenters. The van der Waals surface area contributed by atoms with E-state index in [4.69, 9.17) is 0 Å². The van der Waals surface area contributed by atoms with Crippen molar-refractivity contribution in [1.82, 2.24) is 5.32 Å². The number of nitrogens with one attached hydrogen (secondary N) is 1. The molecule has 0 aromatic carbocycles. The summed E-state index contributed by atoms with van der Waals surface area (Å²) in [5.41, 5.74) is 0. The first kappa shape index (κ1) is 13.4. The van der Waals surface area contributed by atoms with Crippen molar-refractivity contribution < 1.29 is 0 Å². The van der Waals surface area contributed by atoms with Crippen LogP contribution >= 0.6 is 11.8 Å². The van der Waals surface area contributed by atoms with Gasteiger partial charge in [-0.1, -0.05) is 13.8 Å². The average molecular weight is 229 g/mol. The van der Waals surface area contributed by atoms with Crippen molar-refractivity contribution in [3.05, 3.63) is 0 Å². The van der Waals surface area contributed by atoms with E-state index in [9.17, 15) is 0 Å². The van der Waals surface area contributed by atoms with Crippen LogP contribution in [0.3, 0.4) is 0 Å². The van der Waals surface area contributed by atoms with Gasteiger partial charge in [0.15, 0.2) is 0 Å². The largest absolute Gasteiger partial charge is 0.311 e. The van der Waals surface area contributed by atoms with E-state index in [1.165, 1.54) is 31.4 Å². The van der Waals surface area contributed by atoms with Crippen LogP contribution in [-0.4, -0.2) is 24.1 Å². The van der Waals surface area contributed by atoms with Gasteiger partial charge in [-0.3, -0.25) is 0 Å². The minimum atomic E-state index is 0.694. The van der Waals surface area contributed by atoms with Gasteiger partial charge in [0.05, 0.1) is 0 Å². The molecule has 0 aromatic heterocycles. The Labute approximate surface area is 99.8 Å². The fourth-order valence-corrected chi connectivity index (χ4v) is 3.45. The molecule has 2 heteroatoms. The Balaban J connectivity index is 2.24. The maximum atomic E-state index is 3.80. The fraction of sp³-hybridized carbons (Fsp3) is 1.00. The Bertz CT molecular complexity index is 162. The summed E-state index contributed by atoms with van der Waals surface area (Å²) in [6.45, 7) is 7.13. The van der Waals surface area contributed by atoms with Crippen LogP contribution < -0.4 is 5.32 Å². The van der Waals surface area contributed by atoms with Crippen LogP contribution in [-0.2, 0) is 0 Å². The monoisotopic (exact) mass is 229 g/mol. The van der Waals surface area contributed by atoms with Crippen molar-refractivity contribution >= 4 is 11.8 Å². The lowest BCUT2D eigenvalue weighted by Crippen LogP contribution is -2.41. The van der Waals surface area contributed by atoms with Crippen LogP contribution in [0.1, 0.15) is 46.5 Å². The molecule has 1 fully saturated rings. The summed E-state index contributed by atoms with van der Waals surface area (Å²) in [5, 5.41) is 3.80. The molecule has 0 amide bonds. The summed E-state index contributed by atoms with van der Waals surface area (Å²) in [7, 11) is 0. The van der Waals surface area contributed by atoms with Crippen LogP contribution in [0.25, 0.3) is 0 Å². The maximum Gasteiger partial charge on any atom is 0.00746 e. The lowest BCUT2D eigenvalue weighted by Gasteiger charge is -2.34. The topological polar surface area (TPSA) is 12.0 Å². The third-order valence-corrected chi connectivity index (χ3v) is 4.10. The molecule has 15 heavy (non-hydrogen) atoms. The van der Waals surface area contributed by atoms with Gasteiger partial charge in [0.25, 0.3) is 0 Å². The van der Waals surface area contributed by atoms with Crippen LogP contribution in [0.15, 0.2) is 0 Å². The minimum absolute atomic E-state index is 0.694. The SMILES string of the molecule is CSCCC(C)NC1CC(C)CC(C)C1. The van der Waals surface area contributed by atoms with E-state index in [-0.39, 0.29) is 0 Å². The van der Waals surface area contributed by atoms with Gasteiger partial charge in [0.1, 0.15) is 0 Å². The Morgan fingerprint density at radius 3 is 2.33 bits per heavy atom. The first-order valence-electron chi connectivity index (χ1n) is 6.36. The van der Waals surface area contributed by atoms with Crippen LogP contribution in [0.2, 0.25) is 0 Å². The minimum Gasteiger partial charge on any atom is -0.311 e. The van der Waals surface area contributed by atoms with E-state index >= 15 is 0 Å². The highest BCUT2D eigenvalue weighted by Gasteiger charge is 2.24. The van der Waals surface area contributed by atoms with E-state index in [2.05, 4.69) is 32.3 Å².